The Bertz CT molecular complexity index is 751. The number of urea groups is 1. The summed E-state index contributed by atoms with van der Waals surface area (Å²) in [5.74, 6) is 1.56. The van der Waals surface area contributed by atoms with Gasteiger partial charge in [-0.25, -0.2) is 14.8 Å². The average Bonchev–Trinajstić information content (AvgIpc) is 2.87. The van der Waals surface area contributed by atoms with E-state index in [2.05, 4.69) is 35.6 Å². The quantitative estimate of drug-likeness (QED) is 0.688. The summed E-state index contributed by atoms with van der Waals surface area (Å²) in [6.07, 6.45) is 9.44. The van der Waals surface area contributed by atoms with Crippen LogP contribution in [-0.2, 0) is 11.2 Å². The SMILES string of the molecule is CCc1cnc(N2CCC3(CC2)C(=O)N(CC2CCC2)C(=O)N3CC(C)C)nc1. The summed E-state index contributed by atoms with van der Waals surface area (Å²) in [5, 5.41) is 0. The Labute approximate surface area is 173 Å². The molecule has 3 fully saturated rings. The van der Waals surface area contributed by atoms with E-state index < -0.39 is 5.54 Å². The van der Waals surface area contributed by atoms with Crippen molar-refractivity contribution in [2.24, 2.45) is 11.8 Å². The summed E-state index contributed by atoms with van der Waals surface area (Å²) in [5.41, 5.74) is 0.429. The molecule has 1 aliphatic carbocycles. The lowest BCUT2D eigenvalue weighted by molar-refractivity contribution is -0.135. The fourth-order valence-electron chi connectivity index (χ4n) is 4.75. The molecular weight excluding hydrogens is 366 g/mol. The van der Waals surface area contributed by atoms with Crippen molar-refractivity contribution in [2.75, 3.05) is 31.1 Å². The predicted molar refractivity (Wildman–Crippen MR) is 112 cm³/mol. The Hall–Kier alpha value is -2.18. The third-order valence-electron chi connectivity index (χ3n) is 6.81. The summed E-state index contributed by atoms with van der Waals surface area (Å²) in [6, 6.07) is -0.0763. The summed E-state index contributed by atoms with van der Waals surface area (Å²) in [4.78, 5) is 41.3. The first-order valence-electron chi connectivity index (χ1n) is 11.1. The zero-order valence-electron chi connectivity index (χ0n) is 17.9. The third kappa shape index (κ3) is 3.60. The van der Waals surface area contributed by atoms with Crippen LogP contribution in [0.3, 0.4) is 0 Å². The molecule has 158 valence electrons. The second-order valence-corrected chi connectivity index (χ2v) is 9.26. The van der Waals surface area contributed by atoms with Crippen LogP contribution in [0.5, 0.6) is 0 Å². The first-order chi connectivity index (χ1) is 13.9. The van der Waals surface area contributed by atoms with E-state index in [4.69, 9.17) is 0 Å². The van der Waals surface area contributed by atoms with Crippen LogP contribution in [0.15, 0.2) is 12.4 Å². The van der Waals surface area contributed by atoms with Crippen LogP contribution in [0.4, 0.5) is 10.7 Å². The van der Waals surface area contributed by atoms with Gasteiger partial charge in [0.05, 0.1) is 0 Å². The molecule has 1 spiro atoms. The fourth-order valence-corrected chi connectivity index (χ4v) is 4.75. The van der Waals surface area contributed by atoms with E-state index in [9.17, 15) is 9.59 Å². The van der Waals surface area contributed by atoms with Crippen LogP contribution >= 0.6 is 0 Å². The maximum absolute atomic E-state index is 13.5. The van der Waals surface area contributed by atoms with Gasteiger partial charge in [0.1, 0.15) is 5.54 Å². The fraction of sp³-hybridized carbons (Fsp3) is 0.727. The van der Waals surface area contributed by atoms with Crippen LogP contribution in [-0.4, -0.2) is 63.4 Å². The molecule has 0 aromatic carbocycles. The topological polar surface area (TPSA) is 69.6 Å². The van der Waals surface area contributed by atoms with Gasteiger partial charge in [0, 0.05) is 38.6 Å². The number of carbonyl (C=O) groups is 2. The Morgan fingerprint density at radius 2 is 1.79 bits per heavy atom. The molecule has 29 heavy (non-hydrogen) atoms. The molecule has 7 heteroatoms. The van der Waals surface area contributed by atoms with Crippen molar-refractivity contribution >= 4 is 17.9 Å². The molecule has 0 atom stereocenters. The van der Waals surface area contributed by atoms with Gasteiger partial charge in [0.25, 0.3) is 5.91 Å². The van der Waals surface area contributed by atoms with Crippen molar-refractivity contribution in [3.05, 3.63) is 18.0 Å². The van der Waals surface area contributed by atoms with E-state index in [1.54, 1.807) is 4.90 Å². The third-order valence-corrected chi connectivity index (χ3v) is 6.81. The van der Waals surface area contributed by atoms with Crippen molar-refractivity contribution in [1.29, 1.82) is 0 Å². The van der Waals surface area contributed by atoms with Gasteiger partial charge in [0.2, 0.25) is 5.95 Å². The second-order valence-electron chi connectivity index (χ2n) is 9.26. The van der Waals surface area contributed by atoms with Crippen LogP contribution in [0, 0.1) is 11.8 Å². The van der Waals surface area contributed by atoms with E-state index in [0.29, 0.717) is 50.9 Å². The van der Waals surface area contributed by atoms with Gasteiger partial charge >= 0.3 is 6.03 Å². The highest BCUT2D eigenvalue weighted by Crippen LogP contribution is 2.40. The molecule has 0 bridgehead atoms. The minimum Gasteiger partial charge on any atom is -0.341 e. The number of carbonyl (C=O) groups excluding carboxylic acids is 2. The van der Waals surface area contributed by atoms with E-state index in [0.717, 1.165) is 30.8 Å². The van der Waals surface area contributed by atoms with Gasteiger partial charge in [-0.15, -0.1) is 0 Å². The molecule has 0 radical (unpaired) electrons. The van der Waals surface area contributed by atoms with Crippen LogP contribution in [0.1, 0.15) is 58.4 Å². The average molecular weight is 400 g/mol. The number of anilines is 1. The number of hydrogen-bond donors (Lipinski definition) is 0. The van der Waals surface area contributed by atoms with Crippen LogP contribution in [0.2, 0.25) is 0 Å². The molecule has 2 aliphatic heterocycles. The minimum atomic E-state index is -0.690. The molecule has 3 amide bonds. The smallest absolute Gasteiger partial charge is 0.327 e. The maximum atomic E-state index is 13.5. The Morgan fingerprint density at radius 3 is 2.31 bits per heavy atom. The lowest BCUT2D eigenvalue weighted by Gasteiger charge is -2.42. The molecular formula is C22H33N5O2. The number of rotatable bonds is 6. The number of piperidine rings is 1. The Morgan fingerprint density at radius 1 is 1.14 bits per heavy atom. The number of amides is 3. The molecule has 1 aromatic rings. The molecule has 1 aromatic heterocycles. The van der Waals surface area contributed by atoms with Crippen molar-refractivity contribution in [2.45, 2.75) is 64.8 Å². The van der Waals surface area contributed by atoms with Gasteiger partial charge in [-0.05, 0) is 49.5 Å². The predicted octanol–water partition coefficient (Wildman–Crippen LogP) is 3.10. The monoisotopic (exact) mass is 399 g/mol. The van der Waals surface area contributed by atoms with Gasteiger partial charge in [-0.2, -0.15) is 0 Å². The number of aryl methyl sites for hydroxylation is 1. The highest BCUT2D eigenvalue weighted by molar-refractivity contribution is 6.07. The van der Waals surface area contributed by atoms with E-state index in [-0.39, 0.29) is 11.9 Å². The molecule has 1 saturated carbocycles. The molecule has 3 aliphatic rings. The number of nitrogens with zero attached hydrogens (tertiary/aromatic N) is 5. The van der Waals surface area contributed by atoms with E-state index in [1.807, 2.05) is 17.3 Å². The molecule has 7 nitrogen and oxygen atoms in total. The number of aromatic nitrogens is 2. The first kappa shape index (κ1) is 20.1. The summed E-state index contributed by atoms with van der Waals surface area (Å²) in [7, 11) is 0. The van der Waals surface area contributed by atoms with Gasteiger partial charge in [-0.1, -0.05) is 27.2 Å². The standard InChI is InChI=1S/C22H33N5O2/c1-4-17-12-23-20(24-13-17)25-10-8-22(9-11-25)19(28)26(15-18-6-5-7-18)21(29)27(22)14-16(2)3/h12-13,16,18H,4-11,14-15H2,1-3H3. The van der Waals surface area contributed by atoms with Crippen molar-refractivity contribution in [1.82, 2.24) is 19.8 Å². The van der Waals surface area contributed by atoms with E-state index in [1.165, 1.54) is 6.42 Å². The lowest BCUT2D eigenvalue weighted by atomic mass is 9.83. The van der Waals surface area contributed by atoms with E-state index >= 15 is 0 Å². The minimum absolute atomic E-state index is 0.0250. The summed E-state index contributed by atoms with van der Waals surface area (Å²) >= 11 is 0. The second kappa shape index (κ2) is 7.92. The highest BCUT2D eigenvalue weighted by Gasteiger charge is 2.58. The normalized spacial score (nSPS) is 22.1. The van der Waals surface area contributed by atoms with Crippen LogP contribution < -0.4 is 4.90 Å². The largest absolute Gasteiger partial charge is 0.341 e. The maximum Gasteiger partial charge on any atom is 0.327 e. The van der Waals surface area contributed by atoms with Crippen molar-refractivity contribution < 1.29 is 9.59 Å². The lowest BCUT2D eigenvalue weighted by Crippen LogP contribution is -2.57. The molecule has 2 saturated heterocycles. The molecule has 0 unspecified atom stereocenters. The zero-order chi connectivity index (χ0) is 20.6. The highest BCUT2D eigenvalue weighted by atomic mass is 16.2. The molecule has 4 rings (SSSR count). The molecule has 0 N–H and O–H groups in total. The zero-order valence-corrected chi connectivity index (χ0v) is 17.9. The first-order valence-corrected chi connectivity index (χ1v) is 11.1. The summed E-state index contributed by atoms with van der Waals surface area (Å²) < 4.78 is 0. The van der Waals surface area contributed by atoms with Crippen molar-refractivity contribution in [3.8, 4) is 0 Å². The van der Waals surface area contributed by atoms with Gasteiger partial charge < -0.3 is 9.80 Å². The van der Waals surface area contributed by atoms with Gasteiger partial charge in [-0.3, -0.25) is 9.69 Å². The van der Waals surface area contributed by atoms with Crippen molar-refractivity contribution in [3.63, 3.8) is 0 Å². The summed E-state index contributed by atoms with van der Waals surface area (Å²) in [6.45, 7) is 8.92. The Kier molecular flexibility index (Phi) is 5.49. The molecule has 3 heterocycles. The number of imide groups is 1. The van der Waals surface area contributed by atoms with Gasteiger partial charge in [0.15, 0.2) is 0 Å². The van der Waals surface area contributed by atoms with Crippen LogP contribution in [0.25, 0.3) is 0 Å². The Balaban J connectivity index is 1.52. The number of hydrogen-bond acceptors (Lipinski definition) is 5.